The number of benzene rings is 1. The van der Waals surface area contributed by atoms with Crippen molar-refractivity contribution in [3.63, 3.8) is 0 Å². The third-order valence-electron chi connectivity index (χ3n) is 3.53. The van der Waals surface area contributed by atoms with Crippen molar-refractivity contribution in [1.29, 1.82) is 0 Å². The maximum absolute atomic E-state index is 11.6. The SMILES string of the molecule is CCC(N)C(c1ccccc1C)N(C)CC(=O)NC. The molecule has 0 fully saturated rings. The first kappa shape index (κ1) is 15.7. The molecule has 4 nitrogen and oxygen atoms in total. The van der Waals surface area contributed by atoms with Crippen LogP contribution in [-0.4, -0.2) is 37.5 Å². The predicted molar refractivity (Wildman–Crippen MR) is 78.9 cm³/mol. The molecule has 0 saturated carbocycles. The maximum atomic E-state index is 11.6. The van der Waals surface area contributed by atoms with Crippen LogP contribution in [0.2, 0.25) is 0 Å². The Bertz CT molecular complexity index is 420. The number of nitrogens with two attached hydrogens (primary N) is 1. The highest BCUT2D eigenvalue weighted by atomic mass is 16.1. The molecule has 0 aliphatic heterocycles. The highest BCUT2D eigenvalue weighted by molar-refractivity contribution is 5.77. The van der Waals surface area contributed by atoms with E-state index >= 15 is 0 Å². The highest BCUT2D eigenvalue weighted by Crippen LogP contribution is 2.26. The largest absolute Gasteiger partial charge is 0.358 e. The van der Waals surface area contributed by atoms with Crippen molar-refractivity contribution in [2.24, 2.45) is 5.73 Å². The van der Waals surface area contributed by atoms with Gasteiger partial charge in [0, 0.05) is 13.1 Å². The van der Waals surface area contributed by atoms with Crippen molar-refractivity contribution in [1.82, 2.24) is 10.2 Å². The van der Waals surface area contributed by atoms with Gasteiger partial charge in [0.1, 0.15) is 0 Å². The molecule has 0 spiro atoms. The fourth-order valence-corrected chi connectivity index (χ4v) is 2.34. The number of rotatable bonds is 6. The Morgan fingerprint density at radius 1 is 1.42 bits per heavy atom. The topological polar surface area (TPSA) is 58.4 Å². The zero-order chi connectivity index (χ0) is 14.4. The van der Waals surface area contributed by atoms with E-state index in [-0.39, 0.29) is 18.0 Å². The van der Waals surface area contributed by atoms with Crippen LogP contribution in [0.3, 0.4) is 0 Å². The van der Waals surface area contributed by atoms with Crippen molar-refractivity contribution in [2.45, 2.75) is 32.4 Å². The normalized spacial score (nSPS) is 14.2. The zero-order valence-electron chi connectivity index (χ0n) is 12.3. The first-order valence-electron chi connectivity index (χ1n) is 6.73. The number of carbonyl (C=O) groups is 1. The van der Waals surface area contributed by atoms with E-state index in [1.165, 1.54) is 11.1 Å². The third-order valence-corrected chi connectivity index (χ3v) is 3.53. The van der Waals surface area contributed by atoms with Crippen molar-refractivity contribution >= 4 is 5.91 Å². The molecule has 1 rings (SSSR count). The number of nitrogens with zero attached hydrogens (tertiary/aromatic N) is 1. The van der Waals surface area contributed by atoms with Gasteiger partial charge in [0.25, 0.3) is 0 Å². The van der Waals surface area contributed by atoms with Gasteiger partial charge in [0.05, 0.1) is 12.6 Å². The van der Waals surface area contributed by atoms with Crippen molar-refractivity contribution in [3.05, 3.63) is 35.4 Å². The van der Waals surface area contributed by atoms with E-state index in [1.807, 2.05) is 24.1 Å². The molecule has 0 aromatic heterocycles. The highest BCUT2D eigenvalue weighted by Gasteiger charge is 2.25. The Morgan fingerprint density at radius 3 is 2.58 bits per heavy atom. The summed E-state index contributed by atoms with van der Waals surface area (Å²) in [6.45, 7) is 4.51. The van der Waals surface area contributed by atoms with Crippen LogP contribution < -0.4 is 11.1 Å². The number of hydrogen-bond acceptors (Lipinski definition) is 3. The molecule has 4 heteroatoms. The first-order chi connectivity index (χ1) is 9.01. The molecule has 19 heavy (non-hydrogen) atoms. The van der Waals surface area contributed by atoms with E-state index in [0.29, 0.717) is 6.54 Å². The monoisotopic (exact) mass is 263 g/mol. The standard InChI is InChI=1S/C15H25N3O/c1-5-13(16)15(18(4)10-14(19)17-3)12-9-7-6-8-11(12)2/h6-9,13,15H,5,10,16H2,1-4H3,(H,17,19). The maximum Gasteiger partial charge on any atom is 0.233 e. The van der Waals surface area contributed by atoms with E-state index in [0.717, 1.165) is 6.42 Å². The fourth-order valence-electron chi connectivity index (χ4n) is 2.34. The summed E-state index contributed by atoms with van der Waals surface area (Å²) in [5.41, 5.74) is 8.67. The molecule has 1 aromatic rings. The molecule has 0 aliphatic rings. The van der Waals surface area contributed by atoms with Gasteiger partial charge < -0.3 is 11.1 Å². The molecular formula is C15H25N3O. The van der Waals surface area contributed by atoms with Gasteiger partial charge in [-0.15, -0.1) is 0 Å². The molecule has 3 N–H and O–H groups in total. The molecule has 1 aromatic carbocycles. The van der Waals surface area contributed by atoms with E-state index < -0.39 is 0 Å². The Hall–Kier alpha value is -1.39. The van der Waals surface area contributed by atoms with Crippen LogP contribution in [0.5, 0.6) is 0 Å². The molecule has 0 radical (unpaired) electrons. The summed E-state index contributed by atoms with van der Waals surface area (Å²) in [5, 5.41) is 2.65. The second kappa shape index (κ2) is 7.26. The average molecular weight is 263 g/mol. The van der Waals surface area contributed by atoms with Gasteiger partial charge >= 0.3 is 0 Å². The van der Waals surface area contributed by atoms with Crippen molar-refractivity contribution in [2.75, 3.05) is 20.6 Å². The van der Waals surface area contributed by atoms with Gasteiger partial charge in [-0.2, -0.15) is 0 Å². The Kier molecular flexibility index (Phi) is 5.99. The van der Waals surface area contributed by atoms with Crippen LogP contribution in [0.4, 0.5) is 0 Å². The van der Waals surface area contributed by atoms with Crippen LogP contribution >= 0.6 is 0 Å². The van der Waals surface area contributed by atoms with E-state index in [2.05, 4.69) is 31.3 Å². The lowest BCUT2D eigenvalue weighted by Crippen LogP contribution is -2.43. The van der Waals surface area contributed by atoms with Gasteiger partial charge in [-0.3, -0.25) is 9.69 Å². The second-order valence-corrected chi connectivity index (χ2v) is 4.96. The lowest BCUT2D eigenvalue weighted by molar-refractivity contribution is -0.122. The summed E-state index contributed by atoms with van der Waals surface area (Å²) < 4.78 is 0. The summed E-state index contributed by atoms with van der Waals surface area (Å²) in [6, 6.07) is 8.28. The molecule has 0 aliphatic carbocycles. The van der Waals surface area contributed by atoms with Gasteiger partial charge in [0.15, 0.2) is 0 Å². The molecule has 106 valence electrons. The molecular weight excluding hydrogens is 238 g/mol. The number of likely N-dealkylation sites (N-methyl/N-ethyl adjacent to an activating group) is 2. The number of carbonyl (C=O) groups excluding carboxylic acids is 1. The molecule has 0 bridgehead atoms. The van der Waals surface area contributed by atoms with Gasteiger partial charge in [-0.1, -0.05) is 31.2 Å². The van der Waals surface area contributed by atoms with Gasteiger partial charge in [-0.05, 0) is 31.5 Å². The number of hydrogen-bond donors (Lipinski definition) is 2. The van der Waals surface area contributed by atoms with Gasteiger partial charge in [0.2, 0.25) is 5.91 Å². The van der Waals surface area contributed by atoms with Crippen LogP contribution in [-0.2, 0) is 4.79 Å². The summed E-state index contributed by atoms with van der Waals surface area (Å²) in [5.74, 6) is 0.00406. The molecule has 0 heterocycles. The predicted octanol–water partition coefficient (Wildman–Crippen LogP) is 1.45. The summed E-state index contributed by atoms with van der Waals surface area (Å²) in [4.78, 5) is 13.6. The van der Waals surface area contributed by atoms with Crippen LogP contribution in [0.25, 0.3) is 0 Å². The lowest BCUT2D eigenvalue weighted by Gasteiger charge is -2.33. The van der Waals surface area contributed by atoms with Crippen LogP contribution in [0.1, 0.15) is 30.5 Å². The number of amides is 1. The molecule has 2 unspecified atom stereocenters. The summed E-state index contributed by atoms with van der Waals surface area (Å²) in [6.07, 6.45) is 0.872. The van der Waals surface area contributed by atoms with E-state index in [4.69, 9.17) is 5.73 Å². The van der Waals surface area contributed by atoms with E-state index in [9.17, 15) is 4.79 Å². The smallest absolute Gasteiger partial charge is 0.233 e. The van der Waals surface area contributed by atoms with E-state index in [1.54, 1.807) is 7.05 Å². The number of nitrogens with one attached hydrogen (secondary N) is 1. The molecule has 2 atom stereocenters. The zero-order valence-corrected chi connectivity index (χ0v) is 12.3. The van der Waals surface area contributed by atoms with Crippen LogP contribution in [0.15, 0.2) is 24.3 Å². The quantitative estimate of drug-likeness (QED) is 0.817. The summed E-state index contributed by atoms with van der Waals surface area (Å²) in [7, 11) is 3.60. The first-order valence-corrected chi connectivity index (χ1v) is 6.73. The minimum absolute atomic E-state index is 0.00406. The Balaban J connectivity index is 3.02. The fraction of sp³-hybridized carbons (Fsp3) is 0.533. The average Bonchev–Trinajstić information content (AvgIpc) is 2.40. The number of aryl methyl sites for hydroxylation is 1. The Labute approximate surface area is 116 Å². The Morgan fingerprint density at radius 2 is 2.05 bits per heavy atom. The van der Waals surface area contributed by atoms with Crippen LogP contribution in [0, 0.1) is 6.92 Å². The molecule has 0 saturated heterocycles. The second-order valence-electron chi connectivity index (χ2n) is 4.96. The summed E-state index contributed by atoms with van der Waals surface area (Å²) >= 11 is 0. The minimum Gasteiger partial charge on any atom is -0.358 e. The van der Waals surface area contributed by atoms with Crippen molar-refractivity contribution in [3.8, 4) is 0 Å². The van der Waals surface area contributed by atoms with Crippen molar-refractivity contribution < 1.29 is 4.79 Å². The minimum atomic E-state index is 0.00406. The third kappa shape index (κ3) is 4.04. The van der Waals surface area contributed by atoms with Gasteiger partial charge in [-0.25, -0.2) is 0 Å². The lowest BCUT2D eigenvalue weighted by atomic mass is 9.93. The molecule has 1 amide bonds.